The van der Waals surface area contributed by atoms with Gasteiger partial charge in [-0.25, -0.2) is 4.98 Å². The van der Waals surface area contributed by atoms with Gasteiger partial charge in [0.25, 0.3) is 0 Å². The van der Waals surface area contributed by atoms with Crippen molar-refractivity contribution >= 4 is 17.5 Å². The van der Waals surface area contributed by atoms with Gasteiger partial charge in [-0.2, -0.15) is 10.4 Å². The number of piperidine rings is 1. The molecular weight excluding hydrogens is 600 g/mol. The highest BCUT2D eigenvalue weighted by molar-refractivity contribution is 5.93. The molecule has 4 aromatic rings. The SMILES string of the molecule is C=C(N)c1ccc2c(c1)CCc1cc(C(N)=O)ccc1C2(C[C@@H](C)NCC(=O)N1C(C#N)C[C@@H]2C[C@@H]21)c1nc(-c2ccc(C)cc2)n[nH]1. The predicted octanol–water partition coefficient (Wildman–Crippen LogP) is 4.12. The van der Waals surface area contributed by atoms with Crippen molar-refractivity contribution in [3.8, 4) is 17.5 Å². The second kappa shape index (κ2) is 12.1. The molecule has 2 heterocycles. The molecule has 5 atom stereocenters. The topological polar surface area (TPSA) is 167 Å². The molecule has 3 aromatic carbocycles. The third-order valence-electron chi connectivity index (χ3n) is 10.4. The normalized spacial score (nSPS) is 22.9. The van der Waals surface area contributed by atoms with E-state index in [1.807, 2.05) is 49.4 Å². The molecule has 1 aromatic heterocycles. The molecule has 7 rings (SSSR count). The zero-order valence-electron chi connectivity index (χ0n) is 27.3. The fourth-order valence-electron chi connectivity index (χ4n) is 7.87. The molecule has 1 saturated heterocycles. The van der Waals surface area contributed by atoms with Gasteiger partial charge in [0, 0.05) is 28.9 Å². The van der Waals surface area contributed by atoms with Gasteiger partial charge in [0.15, 0.2) is 5.82 Å². The Hall–Kier alpha value is -5.27. The van der Waals surface area contributed by atoms with Crippen molar-refractivity contribution < 1.29 is 9.59 Å². The number of nitrogens with two attached hydrogens (primary N) is 2. The Morgan fingerprint density at radius 3 is 2.38 bits per heavy atom. The third kappa shape index (κ3) is 5.44. The summed E-state index contributed by atoms with van der Waals surface area (Å²) in [6.45, 7) is 8.21. The quantitative estimate of drug-likeness (QED) is 0.213. The number of amides is 2. The fourth-order valence-corrected chi connectivity index (χ4v) is 7.87. The Kier molecular flexibility index (Phi) is 7.88. The number of hydrogen-bond donors (Lipinski definition) is 4. The van der Waals surface area contributed by atoms with E-state index in [-0.39, 0.29) is 30.6 Å². The van der Waals surface area contributed by atoms with E-state index in [9.17, 15) is 14.9 Å². The van der Waals surface area contributed by atoms with Crippen LogP contribution in [0.5, 0.6) is 0 Å². The first-order valence-electron chi connectivity index (χ1n) is 16.5. The molecule has 10 nitrogen and oxygen atoms in total. The number of aryl methyl sites for hydroxylation is 3. The number of primary amides is 1. The molecule has 1 aliphatic heterocycles. The number of aromatic nitrogens is 3. The van der Waals surface area contributed by atoms with Gasteiger partial charge in [-0.1, -0.05) is 54.6 Å². The molecule has 2 aliphatic carbocycles. The molecule has 2 unspecified atom stereocenters. The van der Waals surface area contributed by atoms with Crippen LogP contribution >= 0.6 is 0 Å². The lowest BCUT2D eigenvalue weighted by molar-refractivity contribution is -0.131. The van der Waals surface area contributed by atoms with Crippen LogP contribution in [0, 0.1) is 24.2 Å². The van der Waals surface area contributed by atoms with E-state index < -0.39 is 11.3 Å². The van der Waals surface area contributed by atoms with Crippen LogP contribution in [-0.2, 0) is 23.1 Å². The lowest BCUT2D eigenvalue weighted by Gasteiger charge is -2.37. The molecule has 6 N–H and O–H groups in total. The lowest BCUT2D eigenvalue weighted by atomic mass is 9.67. The van der Waals surface area contributed by atoms with E-state index in [4.69, 9.17) is 21.5 Å². The standard InChI is InChI=1S/C38H40N8O2/c1-21-4-6-24(7-5-21)36-43-37(45-44-36)38(18-22(2)42-20-34(47)46-30(19-39)16-29-17-33(29)46)31-12-10-25(23(3)40)14-26(31)8-9-27-15-28(35(41)48)11-13-32(27)38/h4-7,10-15,22,29-30,33,42H,3,8-9,16-18,20,40H2,1-2H3,(H2,41,48)(H,43,44,45)/t22-,29-,30?,33+,38?/m1/s1. The van der Waals surface area contributed by atoms with Gasteiger partial charge in [-0.3, -0.25) is 14.7 Å². The van der Waals surface area contributed by atoms with E-state index in [0.29, 0.717) is 48.1 Å². The van der Waals surface area contributed by atoms with Crippen LogP contribution in [0.15, 0.2) is 67.2 Å². The number of nitrogens with one attached hydrogen (secondary N) is 2. The first-order chi connectivity index (χ1) is 23.1. The van der Waals surface area contributed by atoms with Crippen molar-refractivity contribution in [1.82, 2.24) is 25.4 Å². The van der Waals surface area contributed by atoms with Gasteiger partial charge in [0.05, 0.1) is 18.0 Å². The highest BCUT2D eigenvalue weighted by Gasteiger charge is 2.54. The molecule has 3 aliphatic rings. The zero-order valence-corrected chi connectivity index (χ0v) is 27.3. The maximum atomic E-state index is 13.5. The number of fused-ring (bicyclic) bond motifs is 3. The zero-order chi connectivity index (χ0) is 33.7. The summed E-state index contributed by atoms with van der Waals surface area (Å²) in [5.74, 6) is 1.14. The van der Waals surface area contributed by atoms with Crippen LogP contribution in [0.3, 0.4) is 0 Å². The van der Waals surface area contributed by atoms with Gasteiger partial charge in [-0.15, -0.1) is 0 Å². The second-order valence-electron chi connectivity index (χ2n) is 13.6. The van der Waals surface area contributed by atoms with Crippen LogP contribution in [-0.4, -0.2) is 56.6 Å². The van der Waals surface area contributed by atoms with E-state index >= 15 is 0 Å². The molecule has 2 fully saturated rings. The van der Waals surface area contributed by atoms with Crippen LogP contribution in [0.25, 0.3) is 17.1 Å². The Bertz CT molecular complexity index is 1910. The maximum Gasteiger partial charge on any atom is 0.248 e. The summed E-state index contributed by atoms with van der Waals surface area (Å²) in [5.41, 5.74) is 19.0. The number of carbonyl (C=O) groups is 2. The number of nitrogens with zero attached hydrogens (tertiary/aromatic N) is 4. The van der Waals surface area contributed by atoms with Crippen molar-refractivity contribution in [2.45, 2.75) is 69.5 Å². The summed E-state index contributed by atoms with van der Waals surface area (Å²) in [5, 5.41) is 21.2. The minimum Gasteiger partial charge on any atom is -0.399 e. The molecule has 48 heavy (non-hydrogen) atoms. The third-order valence-corrected chi connectivity index (χ3v) is 10.4. The van der Waals surface area contributed by atoms with Crippen LogP contribution in [0.1, 0.15) is 75.7 Å². The van der Waals surface area contributed by atoms with E-state index in [2.05, 4.69) is 42.1 Å². The van der Waals surface area contributed by atoms with Crippen molar-refractivity contribution in [2.75, 3.05) is 6.54 Å². The van der Waals surface area contributed by atoms with Gasteiger partial charge < -0.3 is 21.7 Å². The van der Waals surface area contributed by atoms with E-state index in [1.54, 1.807) is 11.0 Å². The Morgan fingerprint density at radius 1 is 1.06 bits per heavy atom. The number of nitriles is 1. The van der Waals surface area contributed by atoms with E-state index in [0.717, 1.165) is 51.8 Å². The number of hydrogen-bond acceptors (Lipinski definition) is 7. The number of H-pyrrole nitrogens is 1. The smallest absolute Gasteiger partial charge is 0.248 e. The number of aromatic amines is 1. The molecule has 0 spiro atoms. The van der Waals surface area contributed by atoms with Crippen LogP contribution in [0.4, 0.5) is 0 Å². The summed E-state index contributed by atoms with van der Waals surface area (Å²) in [4.78, 5) is 32.7. The van der Waals surface area contributed by atoms with Gasteiger partial charge in [0.1, 0.15) is 11.9 Å². The summed E-state index contributed by atoms with van der Waals surface area (Å²) in [7, 11) is 0. The molecule has 2 amide bonds. The molecule has 1 saturated carbocycles. The first-order valence-corrected chi connectivity index (χ1v) is 16.5. The van der Waals surface area contributed by atoms with Gasteiger partial charge in [-0.05, 0) is 97.9 Å². The minimum atomic E-state index is -0.859. The van der Waals surface area contributed by atoms with Gasteiger partial charge >= 0.3 is 0 Å². The van der Waals surface area contributed by atoms with Crippen LogP contribution < -0.4 is 16.8 Å². The average Bonchev–Trinajstić information content (AvgIpc) is 3.51. The minimum absolute atomic E-state index is 0.0485. The molecular formula is C38H40N8O2. The molecule has 0 bridgehead atoms. The summed E-state index contributed by atoms with van der Waals surface area (Å²) >= 11 is 0. The number of rotatable bonds is 9. The van der Waals surface area contributed by atoms with Crippen molar-refractivity contribution in [1.29, 1.82) is 5.26 Å². The Morgan fingerprint density at radius 2 is 1.73 bits per heavy atom. The first kappa shape index (κ1) is 31.3. The highest BCUT2D eigenvalue weighted by atomic mass is 16.2. The maximum absolute atomic E-state index is 13.5. The summed E-state index contributed by atoms with van der Waals surface area (Å²) in [6.07, 6.45) is 3.61. The molecule has 244 valence electrons. The predicted molar refractivity (Wildman–Crippen MR) is 183 cm³/mol. The number of benzene rings is 3. The summed E-state index contributed by atoms with van der Waals surface area (Å²) in [6, 6.07) is 21.9. The van der Waals surface area contributed by atoms with Crippen LogP contribution in [0.2, 0.25) is 0 Å². The molecule has 0 radical (unpaired) electrons. The number of carbonyl (C=O) groups excluding carboxylic acids is 2. The highest BCUT2D eigenvalue weighted by Crippen LogP contribution is 2.49. The average molecular weight is 641 g/mol. The van der Waals surface area contributed by atoms with Gasteiger partial charge in [0.2, 0.25) is 11.8 Å². The Labute approximate surface area is 280 Å². The second-order valence-corrected chi connectivity index (χ2v) is 13.6. The monoisotopic (exact) mass is 640 g/mol. The fraction of sp³-hybridized carbons (Fsp3) is 0.342. The largest absolute Gasteiger partial charge is 0.399 e. The Balaban J connectivity index is 1.34. The van der Waals surface area contributed by atoms with Crippen molar-refractivity contribution in [2.24, 2.45) is 17.4 Å². The molecule has 10 heteroatoms. The van der Waals surface area contributed by atoms with E-state index in [1.165, 1.54) is 0 Å². The van der Waals surface area contributed by atoms with Crippen molar-refractivity contribution in [3.05, 3.63) is 112 Å². The number of likely N-dealkylation sites (tertiary alicyclic amines) is 1. The van der Waals surface area contributed by atoms with Crippen molar-refractivity contribution in [3.63, 3.8) is 0 Å². The summed E-state index contributed by atoms with van der Waals surface area (Å²) < 4.78 is 0. The lowest BCUT2D eigenvalue weighted by Crippen LogP contribution is -2.46.